The van der Waals surface area contributed by atoms with E-state index < -0.39 is 11.9 Å². The van der Waals surface area contributed by atoms with E-state index in [0.717, 1.165) is 12.2 Å². The van der Waals surface area contributed by atoms with Gasteiger partial charge >= 0.3 is 17.9 Å². The van der Waals surface area contributed by atoms with Gasteiger partial charge in [-0.1, -0.05) is 19.2 Å². The molecular formula is C14H18O7. The Kier molecular flexibility index (Phi) is 9.19. The second-order valence-corrected chi connectivity index (χ2v) is 3.83. The molecule has 1 aliphatic heterocycles. The van der Waals surface area contributed by atoms with Crippen molar-refractivity contribution >= 4 is 17.9 Å². The number of carboxylic acid groups (broad SMARTS) is 1. The largest absolute Gasteiger partial charge is 0.478 e. The summed E-state index contributed by atoms with van der Waals surface area (Å²) in [5.74, 6) is -1.96. The first-order chi connectivity index (χ1) is 9.90. The second-order valence-electron chi connectivity index (χ2n) is 3.83. The van der Waals surface area contributed by atoms with Crippen LogP contribution in [-0.4, -0.2) is 49.4 Å². The van der Waals surface area contributed by atoms with Crippen molar-refractivity contribution in [2.45, 2.75) is 12.5 Å². The first-order valence-corrected chi connectivity index (χ1v) is 5.97. The van der Waals surface area contributed by atoms with Crippen LogP contribution in [0.2, 0.25) is 0 Å². The number of epoxide rings is 1. The quantitative estimate of drug-likeness (QED) is 0.422. The lowest BCUT2D eigenvalue weighted by atomic mass is 10.2. The third-order valence-corrected chi connectivity index (χ3v) is 2.08. The SMILES string of the molecule is C=C(CC=CC(=O)O)C(=O)OC.C=CC(=O)OCC1CO1. The number of carbonyl (C=O) groups excluding carboxylic acids is 2. The molecule has 0 spiro atoms. The Morgan fingerprint density at radius 2 is 2.05 bits per heavy atom. The summed E-state index contributed by atoms with van der Waals surface area (Å²) in [4.78, 5) is 31.0. The van der Waals surface area contributed by atoms with Gasteiger partial charge in [-0.25, -0.2) is 14.4 Å². The van der Waals surface area contributed by atoms with Gasteiger partial charge in [-0.2, -0.15) is 0 Å². The van der Waals surface area contributed by atoms with E-state index in [-0.39, 0.29) is 24.1 Å². The molecule has 0 aromatic rings. The summed E-state index contributed by atoms with van der Waals surface area (Å²) >= 11 is 0. The maximum Gasteiger partial charge on any atom is 0.333 e. The van der Waals surface area contributed by atoms with Crippen LogP contribution in [0.25, 0.3) is 0 Å². The fraction of sp³-hybridized carbons (Fsp3) is 0.357. The van der Waals surface area contributed by atoms with Crippen LogP contribution in [0, 0.1) is 0 Å². The molecular weight excluding hydrogens is 280 g/mol. The van der Waals surface area contributed by atoms with Gasteiger partial charge in [0.2, 0.25) is 0 Å². The number of esters is 2. The van der Waals surface area contributed by atoms with Gasteiger partial charge in [0, 0.05) is 17.7 Å². The van der Waals surface area contributed by atoms with Crippen molar-refractivity contribution in [1.29, 1.82) is 0 Å². The van der Waals surface area contributed by atoms with E-state index in [9.17, 15) is 14.4 Å². The third kappa shape index (κ3) is 11.1. The van der Waals surface area contributed by atoms with Crippen LogP contribution in [0.4, 0.5) is 0 Å². The van der Waals surface area contributed by atoms with Crippen LogP contribution in [0.3, 0.4) is 0 Å². The highest BCUT2D eigenvalue weighted by atomic mass is 16.6. The van der Waals surface area contributed by atoms with E-state index in [4.69, 9.17) is 9.84 Å². The molecule has 7 heteroatoms. The number of methoxy groups -OCH3 is 1. The smallest absolute Gasteiger partial charge is 0.333 e. The highest BCUT2D eigenvalue weighted by Gasteiger charge is 2.23. The molecule has 1 unspecified atom stereocenters. The zero-order chi connectivity index (χ0) is 16.3. The minimum absolute atomic E-state index is 0.147. The molecule has 0 radical (unpaired) electrons. The van der Waals surface area contributed by atoms with Gasteiger partial charge in [0.25, 0.3) is 0 Å². The summed E-state index contributed by atoms with van der Waals surface area (Å²) in [6.45, 7) is 7.73. The molecule has 1 rings (SSSR count). The number of allylic oxidation sites excluding steroid dienone is 1. The van der Waals surface area contributed by atoms with Crippen molar-refractivity contribution in [2.75, 3.05) is 20.3 Å². The zero-order valence-corrected chi connectivity index (χ0v) is 11.7. The summed E-state index contributed by atoms with van der Waals surface area (Å²) in [6, 6.07) is 0. The van der Waals surface area contributed by atoms with Gasteiger partial charge in [-0.3, -0.25) is 0 Å². The number of hydrogen-bond donors (Lipinski definition) is 1. The van der Waals surface area contributed by atoms with E-state index in [1.54, 1.807) is 0 Å². The van der Waals surface area contributed by atoms with Gasteiger partial charge in [0.05, 0.1) is 13.7 Å². The normalized spacial score (nSPS) is 15.4. The van der Waals surface area contributed by atoms with E-state index in [1.165, 1.54) is 13.2 Å². The lowest BCUT2D eigenvalue weighted by Gasteiger charge is -1.97. The highest BCUT2D eigenvalue weighted by Crippen LogP contribution is 2.08. The van der Waals surface area contributed by atoms with Crippen molar-refractivity contribution in [2.24, 2.45) is 0 Å². The maximum absolute atomic E-state index is 10.7. The molecule has 1 atom stereocenters. The third-order valence-electron chi connectivity index (χ3n) is 2.08. The van der Waals surface area contributed by atoms with E-state index in [1.807, 2.05) is 0 Å². The Morgan fingerprint density at radius 1 is 1.43 bits per heavy atom. The molecule has 7 nitrogen and oxygen atoms in total. The van der Waals surface area contributed by atoms with Crippen molar-refractivity contribution in [3.63, 3.8) is 0 Å². The van der Waals surface area contributed by atoms with Crippen LogP contribution in [0.5, 0.6) is 0 Å². The molecule has 0 aliphatic carbocycles. The highest BCUT2D eigenvalue weighted by molar-refractivity contribution is 5.88. The van der Waals surface area contributed by atoms with E-state index >= 15 is 0 Å². The van der Waals surface area contributed by atoms with Crippen LogP contribution in [0.15, 0.2) is 37.0 Å². The van der Waals surface area contributed by atoms with Crippen LogP contribution < -0.4 is 0 Å². The first-order valence-electron chi connectivity index (χ1n) is 5.97. The van der Waals surface area contributed by atoms with Crippen molar-refractivity contribution in [1.82, 2.24) is 0 Å². The molecule has 0 bridgehead atoms. The lowest BCUT2D eigenvalue weighted by Crippen LogP contribution is -2.06. The lowest BCUT2D eigenvalue weighted by molar-refractivity contribution is -0.138. The standard InChI is InChI=1S/C8H10O4.C6H8O3/c1-6(8(11)12-2)4-3-5-7(9)10;1-2-6(7)9-4-5-3-8-5/h3,5H,1,4H2,2H3,(H,9,10);2,5H,1,3-4H2. The van der Waals surface area contributed by atoms with Gasteiger partial charge in [-0.15, -0.1) is 0 Å². The monoisotopic (exact) mass is 298 g/mol. The molecule has 0 aromatic heterocycles. The Bertz CT molecular complexity index is 433. The summed E-state index contributed by atoms with van der Waals surface area (Å²) in [5, 5.41) is 8.19. The average molecular weight is 298 g/mol. The van der Waals surface area contributed by atoms with E-state index in [2.05, 4.69) is 22.6 Å². The number of carbonyl (C=O) groups is 3. The Labute approximate surface area is 122 Å². The Balaban J connectivity index is 0.000000394. The molecule has 1 saturated heterocycles. The van der Waals surface area contributed by atoms with Crippen molar-refractivity contribution < 1.29 is 33.7 Å². The predicted octanol–water partition coefficient (Wildman–Crippen LogP) is 0.861. The number of hydrogen-bond acceptors (Lipinski definition) is 6. The minimum atomic E-state index is -1.05. The minimum Gasteiger partial charge on any atom is -0.478 e. The molecule has 1 N–H and O–H groups in total. The Hall–Kier alpha value is -2.41. The maximum atomic E-state index is 10.7. The topological polar surface area (TPSA) is 102 Å². The van der Waals surface area contributed by atoms with Crippen molar-refractivity contribution in [3.8, 4) is 0 Å². The number of rotatable bonds is 7. The van der Waals surface area contributed by atoms with Gasteiger partial charge < -0.3 is 19.3 Å². The molecule has 1 fully saturated rings. The molecule has 1 heterocycles. The Morgan fingerprint density at radius 3 is 2.48 bits per heavy atom. The molecule has 0 amide bonds. The predicted molar refractivity (Wildman–Crippen MR) is 73.4 cm³/mol. The summed E-state index contributed by atoms with van der Waals surface area (Å²) < 4.78 is 13.8. The fourth-order valence-electron chi connectivity index (χ4n) is 0.928. The van der Waals surface area contributed by atoms with Crippen LogP contribution >= 0.6 is 0 Å². The zero-order valence-electron chi connectivity index (χ0n) is 11.7. The molecule has 1 aliphatic rings. The van der Waals surface area contributed by atoms with Crippen LogP contribution in [0.1, 0.15) is 6.42 Å². The molecule has 0 aromatic carbocycles. The van der Waals surface area contributed by atoms with Gasteiger partial charge in [0.15, 0.2) is 0 Å². The van der Waals surface area contributed by atoms with E-state index in [0.29, 0.717) is 13.2 Å². The first kappa shape index (κ1) is 18.6. The summed E-state index contributed by atoms with van der Waals surface area (Å²) in [5.41, 5.74) is 0.231. The van der Waals surface area contributed by atoms with Crippen molar-refractivity contribution in [3.05, 3.63) is 37.0 Å². The van der Waals surface area contributed by atoms with Crippen LogP contribution in [-0.2, 0) is 28.6 Å². The fourth-order valence-corrected chi connectivity index (χ4v) is 0.928. The molecule has 21 heavy (non-hydrogen) atoms. The second kappa shape index (κ2) is 10.4. The average Bonchev–Trinajstić information content (AvgIpc) is 3.28. The summed E-state index contributed by atoms with van der Waals surface area (Å²) in [7, 11) is 1.24. The molecule has 116 valence electrons. The summed E-state index contributed by atoms with van der Waals surface area (Å²) in [6.07, 6.45) is 3.77. The number of carboxylic acids is 1. The number of ether oxygens (including phenoxy) is 3. The number of aliphatic carboxylic acids is 1. The van der Waals surface area contributed by atoms with Gasteiger partial charge in [0.1, 0.15) is 12.7 Å². The van der Waals surface area contributed by atoms with Gasteiger partial charge in [-0.05, 0) is 6.42 Å². The molecule has 0 saturated carbocycles.